The lowest BCUT2D eigenvalue weighted by Crippen LogP contribution is -2.23. The number of nitrogens with one attached hydrogen (secondary N) is 1. The number of amides is 1. The normalized spacial score (nSPS) is 10.7. The Kier molecular flexibility index (Phi) is 4.28. The van der Waals surface area contributed by atoms with E-state index in [4.69, 9.17) is 4.74 Å². The van der Waals surface area contributed by atoms with E-state index in [1.165, 1.54) is 0 Å². The first-order valence-electron chi connectivity index (χ1n) is 7.61. The third-order valence-electron chi connectivity index (χ3n) is 3.57. The van der Waals surface area contributed by atoms with Crippen LogP contribution < -0.4 is 10.1 Å². The quantitative estimate of drug-likeness (QED) is 0.788. The summed E-state index contributed by atoms with van der Waals surface area (Å²) < 4.78 is 7.32. The van der Waals surface area contributed by atoms with E-state index in [2.05, 4.69) is 10.3 Å². The molecule has 0 aliphatic rings. The molecule has 0 spiro atoms. The third kappa shape index (κ3) is 3.34. The van der Waals surface area contributed by atoms with Crippen molar-refractivity contribution in [1.29, 1.82) is 0 Å². The zero-order valence-electron chi connectivity index (χ0n) is 13.2. The van der Waals surface area contributed by atoms with Gasteiger partial charge in [-0.3, -0.25) is 4.79 Å². The molecule has 5 heteroatoms. The number of fused-ring (bicyclic) bond motifs is 1. The van der Waals surface area contributed by atoms with Crippen molar-refractivity contribution in [2.75, 3.05) is 6.61 Å². The van der Waals surface area contributed by atoms with Gasteiger partial charge < -0.3 is 14.5 Å². The van der Waals surface area contributed by atoms with Crippen LogP contribution in [-0.4, -0.2) is 21.9 Å². The molecule has 0 aliphatic carbocycles. The summed E-state index contributed by atoms with van der Waals surface area (Å²) in [6.07, 6.45) is 3.63. The zero-order valence-corrected chi connectivity index (χ0v) is 13.2. The van der Waals surface area contributed by atoms with Gasteiger partial charge in [-0.15, -0.1) is 0 Å². The highest BCUT2D eigenvalue weighted by Crippen LogP contribution is 2.14. The first kappa shape index (κ1) is 15.1. The van der Waals surface area contributed by atoms with Gasteiger partial charge in [0.05, 0.1) is 6.61 Å². The molecule has 5 nitrogen and oxygen atoms in total. The fourth-order valence-electron chi connectivity index (χ4n) is 2.45. The molecule has 0 radical (unpaired) electrons. The Hall–Kier alpha value is -2.82. The zero-order chi connectivity index (χ0) is 16.2. The molecule has 1 aromatic carbocycles. The van der Waals surface area contributed by atoms with E-state index < -0.39 is 0 Å². The number of aromatic nitrogens is 2. The molecule has 23 heavy (non-hydrogen) atoms. The number of benzene rings is 1. The summed E-state index contributed by atoms with van der Waals surface area (Å²) in [5, 5.41) is 2.89. The van der Waals surface area contributed by atoms with Crippen LogP contribution >= 0.6 is 0 Å². The highest BCUT2D eigenvalue weighted by atomic mass is 16.5. The molecule has 1 N–H and O–H groups in total. The number of ether oxygens (including phenoxy) is 1. The predicted octanol–water partition coefficient (Wildman–Crippen LogP) is 2.97. The molecule has 0 saturated carbocycles. The summed E-state index contributed by atoms with van der Waals surface area (Å²) in [5.41, 5.74) is 3.25. The third-order valence-corrected chi connectivity index (χ3v) is 3.57. The first-order chi connectivity index (χ1) is 11.2. The topological polar surface area (TPSA) is 55.6 Å². The molecule has 3 rings (SSSR count). The smallest absolute Gasteiger partial charge is 0.271 e. The maximum atomic E-state index is 12.3. The fraction of sp³-hybridized carbons (Fsp3) is 0.222. The molecule has 0 bridgehead atoms. The molecule has 2 aromatic heterocycles. The first-order valence-corrected chi connectivity index (χ1v) is 7.61. The van der Waals surface area contributed by atoms with E-state index in [0.717, 1.165) is 22.5 Å². The molecule has 0 unspecified atom stereocenters. The summed E-state index contributed by atoms with van der Waals surface area (Å²) in [6, 6.07) is 11.6. The second-order valence-corrected chi connectivity index (χ2v) is 5.31. The van der Waals surface area contributed by atoms with Gasteiger partial charge >= 0.3 is 0 Å². The Labute approximate surface area is 134 Å². The number of rotatable bonds is 5. The van der Waals surface area contributed by atoms with E-state index in [-0.39, 0.29) is 5.91 Å². The molecule has 0 fully saturated rings. The van der Waals surface area contributed by atoms with Gasteiger partial charge in [0.15, 0.2) is 0 Å². The van der Waals surface area contributed by atoms with Gasteiger partial charge in [-0.1, -0.05) is 18.2 Å². The van der Waals surface area contributed by atoms with E-state index in [0.29, 0.717) is 18.8 Å². The van der Waals surface area contributed by atoms with Crippen molar-refractivity contribution in [2.24, 2.45) is 0 Å². The van der Waals surface area contributed by atoms with Crippen molar-refractivity contribution in [3.8, 4) is 5.75 Å². The molecule has 3 aromatic rings. The van der Waals surface area contributed by atoms with Crippen molar-refractivity contribution in [2.45, 2.75) is 20.4 Å². The molecule has 118 valence electrons. The Morgan fingerprint density at radius 1 is 1.30 bits per heavy atom. The van der Waals surface area contributed by atoms with Crippen LogP contribution in [0.2, 0.25) is 0 Å². The lowest BCUT2D eigenvalue weighted by Gasteiger charge is -2.06. The SMILES string of the molecule is CCOc1cccc(CNC(=O)c2cn3cccc(C)c3n2)c1. The van der Waals surface area contributed by atoms with E-state index >= 15 is 0 Å². The van der Waals surface area contributed by atoms with E-state index in [1.807, 2.05) is 60.8 Å². The maximum absolute atomic E-state index is 12.3. The number of hydrogen-bond acceptors (Lipinski definition) is 3. The number of hydrogen-bond donors (Lipinski definition) is 1. The monoisotopic (exact) mass is 309 g/mol. The molecule has 0 saturated heterocycles. The molecular formula is C18H19N3O2. The van der Waals surface area contributed by atoms with E-state index in [1.54, 1.807) is 6.20 Å². The van der Waals surface area contributed by atoms with Gasteiger partial charge in [0, 0.05) is 18.9 Å². The predicted molar refractivity (Wildman–Crippen MR) is 88.7 cm³/mol. The Morgan fingerprint density at radius 3 is 2.96 bits per heavy atom. The minimum atomic E-state index is -0.185. The summed E-state index contributed by atoms with van der Waals surface area (Å²) in [7, 11) is 0. The minimum Gasteiger partial charge on any atom is -0.494 e. The average Bonchev–Trinajstić information content (AvgIpc) is 2.99. The number of nitrogens with zero attached hydrogens (tertiary/aromatic N) is 2. The summed E-state index contributed by atoms with van der Waals surface area (Å²) in [5.74, 6) is 0.623. The van der Waals surface area contributed by atoms with Crippen LogP contribution in [0.15, 0.2) is 48.8 Å². The van der Waals surface area contributed by atoms with Gasteiger partial charge in [-0.25, -0.2) is 4.98 Å². The lowest BCUT2D eigenvalue weighted by atomic mass is 10.2. The maximum Gasteiger partial charge on any atom is 0.271 e. The van der Waals surface area contributed by atoms with Gasteiger partial charge in [0.1, 0.15) is 17.1 Å². The number of aryl methyl sites for hydroxylation is 1. The van der Waals surface area contributed by atoms with Crippen LogP contribution in [0.25, 0.3) is 5.65 Å². The van der Waals surface area contributed by atoms with Crippen LogP contribution in [0.1, 0.15) is 28.5 Å². The van der Waals surface area contributed by atoms with Crippen LogP contribution in [0.4, 0.5) is 0 Å². The largest absolute Gasteiger partial charge is 0.494 e. The van der Waals surface area contributed by atoms with Crippen molar-refractivity contribution in [1.82, 2.24) is 14.7 Å². The standard InChI is InChI=1S/C18H19N3O2/c1-3-23-15-8-4-7-14(10-15)11-19-18(22)16-12-21-9-5-6-13(2)17(21)20-16/h4-10,12H,3,11H2,1-2H3,(H,19,22). The van der Waals surface area contributed by atoms with Gasteiger partial charge in [0.25, 0.3) is 5.91 Å². The van der Waals surface area contributed by atoms with Crippen LogP contribution in [0.5, 0.6) is 5.75 Å². The summed E-state index contributed by atoms with van der Waals surface area (Å²) in [6.45, 7) is 4.98. The Bertz CT molecular complexity index is 839. The molecule has 0 aliphatic heterocycles. The van der Waals surface area contributed by atoms with Gasteiger partial charge in [-0.2, -0.15) is 0 Å². The highest BCUT2D eigenvalue weighted by Gasteiger charge is 2.11. The minimum absolute atomic E-state index is 0.185. The fourth-order valence-corrected chi connectivity index (χ4v) is 2.45. The van der Waals surface area contributed by atoms with Crippen LogP contribution in [0, 0.1) is 6.92 Å². The van der Waals surface area contributed by atoms with Crippen LogP contribution in [-0.2, 0) is 6.54 Å². The van der Waals surface area contributed by atoms with Crippen molar-refractivity contribution in [3.63, 3.8) is 0 Å². The summed E-state index contributed by atoms with van der Waals surface area (Å²) >= 11 is 0. The molecule has 1 amide bonds. The van der Waals surface area contributed by atoms with E-state index in [9.17, 15) is 4.79 Å². The van der Waals surface area contributed by atoms with Crippen LogP contribution in [0.3, 0.4) is 0 Å². The second kappa shape index (κ2) is 6.52. The molecule has 2 heterocycles. The number of pyridine rings is 1. The van der Waals surface area contributed by atoms with Gasteiger partial charge in [0.2, 0.25) is 0 Å². The highest BCUT2D eigenvalue weighted by molar-refractivity contribution is 5.92. The van der Waals surface area contributed by atoms with Crippen molar-refractivity contribution < 1.29 is 9.53 Å². The molecule has 0 atom stereocenters. The second-order valence-electron chi connectivity index (χ2n) is 5.31. The number of imidazole rings is 1. The number of carbonyl (C=O) groups excluding carboxylic acids is 1. The molecular weight excluding hydrogens is 290 g/mol. The number of carbonyl (C=O) groups is 1. The van der Waals surface area contributed by atoms with Crippen molar-refractivity contribution >= 4 is 11.6 Å². The Morgan fingerprint density at radius 2 is 2.17 bits per heavy atom. The van der Waals surface area contributed by atoms with Gasteiger partial charge in [-0.05, 0) is 43.2 Å². The van der Waals surface area contributed by atoms with Crippen molar-refractivity contribution in [3.05, 3.63) is 65.6 Å². The summed E-state index contributed by atoms with van der Waals surface area (Å²) in [4.78, 5) is 16.7. The lowest BCUT2D eigenvalue weighted by molar-refractivity contribution is 0.0946. The average molecular weight is 309 g/mol. The Balaban J connectivity index is 1.71.